The number of aromatic nitrogens is 1. The van der Waals surface area contributed by atoms with Crippen LogP contribution in [-0.4, -0.2) is 22.1 Å². The second-order valence-electron chi connectivity index (χ2n) is 4.73. The summed E-state index contributed by atoms with van der Waals surface area (Å²) in [7, 11) is 0. The van der Waals surface area contributed by atoms with Gasteiger partial charge in [-0.25, -0.2) is 0 Å². The number of non-ortho nitro benzene ring substituents is 1. The van der Waals surface area contributed by atoms with Gasteiger partial charge in [0.25, 0.3) is 5.69 Å². The van der Waals surface area contributed by atoms with Gasteiger partial charge in [-0.05, 0) is 25.0 Å². The Kier molecular flexibility index (Phi) is 2.79. The quantitative estimate of drug-likeness (QED) is 0.672. The van der Waals surface area contributed by atoms with Crippen molar-refractivity contribution < 1.29 is 9.66 Å². The van der Waals surface area contributed by atoms with Gasteiger partial charge in [-0.15, -0.1) is 0 Å². The molecule has 0 saturated heterocycles. The fourth-order valence-electron chi connectivity index (χ4n) is 2.29. The third-order valence-electron chi connectivity index (χ3n) is 3.38. The highest BCUT2D eigenvalue weighted by atomic mass is 16.6. The van der Waals surface area contributed by atoms with Crippen molar-refractivity contribution in [1.29, 1.82) is 0 Å². The molecule has 1 aliphatic carbocycles. The second kappa shape index (κ2) is 4.47. The highest BCUT2D eigenvalue weighted by Gasteiger charge is 2.28. The van der Waals surface area contributed by atoms with Crippen LogP contribution in [0.2, 0.25) is 0 Å². The van der Waals surface area contributed by atoms with E-state index in [0.717, 1.165) is 12.8 Å². The van der Waals surface area contributed by atoms with Crippen molar-refractivity contribution >= 4 is 16.5 Å². The number of pyridine rings is 1. The molecule has 0 atom stereocenters. The first-order chi connectivity index (χ1) is 9.15. The van der Waals surface area contributed by atoms with Crippen LogP contribution in [0.3, 0.4) is 0 Å². The first-order valence-corrected chi connectivity index (χ1v) is 6.08. The molecule has 1 aliphatic rings. The molecule has 1 aromatic heterocycles. The summed E-state index contributed by atoms with van der Waals surface area (Å²) < 4.78 is 5.83. The SMILES string of the molecule is NC1CC(Oc2ccc([N+](=O)[O-])c3ccncc23)C1. The normalized spacial score (nSPS) is 21.9. The Hall–Kier alpha value is -2.21. The van der Waals surface area contributed by atoms with E-state index in [0.29, 0.717) is 16.5 Å². The second-order valence-corrected chi connectivity index (χ2v) is 4.73. The van der Waals surface area contributed by atoms with Crippen LogP contribution in [0.4, 0.5) is 5.69 Å². The van der Waals surface area contributed by atoms with Crippen LogP contribution < -0.4 is 10.5 Å². The highest BCUT2D eigenvalue weighted by molar-refractivity contribution is 5.94. The van der Waals surface area contributed by atoms with Crippen molar-refractivity contribution in [3.05, 3.63) is 40.7 Å². The van der Waals surface area contributed by atoms with E-state index in [9.17, 15) is 10.1 Å². The first-order valence-electron chi connectivity index (χ1n) is 6.08. The first kappa shape index (κ1) is 11.9. The molecule has 6 heteroatoms. The molecule has 3 rings (SSSR count). The number of nitrogens with two attached hydrogens (primary N) is 1. The predicted molar refractivity (Wildman–Crippen MR) is 70.0 cm³/mol. The number of rotatable bonds is 3. The number of benzene rings is 1. The molecule has 6 nitrogen and oxygen atoms in total. The maximum atomic E-state index is 11.0. The van der Waals surface area contributed by atoms with Crippen LogP contribution in [-0.2, 0) is 0 Å². The predicted octanol–water partition coefficient (Wildman–Crippen LogP) is 2.01. The summed E-state index contributed by atoms with van der Waals surface area (Å²) in [6.07, 6.45) is 4.87. The van der Waals surface area contributed by atoms with E-state index in [2.05, 4.69) is 4.98 Å². The van der Waals surface area contributed by atoms with Crippen molar-refractivity contribution in [2.45, 2.75) is 25.0 Å². The fourth-order valence-corrected chi connectivity index (χ4v) is 2.29. The van der Waals surface area contributed by atoms with Gasteiger partial charge in [0.2, 0.25) is 0 Å². The maximum absolute atomic E-state index is 11.0. The number of fused-ring (bicyclic) bond motifs is 1. The van der Waals surface area contributed by atoms with Crippen LogP contribution in [0.15, 0.2) is 30.6 Å². The lowest BCUT2D eigenvalue weighted by Gasteiger charge is -2.32. The van der Waals surface area contributed by atoms with Gasteiger partial charge in [-0.2, -0.15) is 0 Å². The molecule has 1 heterocycles. The molecule has 2 N–H and O–H groups in total. The van der Waals surface area contributed by atoms with E-state index < -0.39 is 4.92 Å². The van der Waals surface area contributed by atoms with Gasteiger partial charge >= 0.3 is 0 Å². The standard InChI is InChI=1S/C13H13N3O3/c14-8-5-9(6-8)19-13-2-1-12(16(17)18)10-3-4-15-7-11(10)13/h1-4,7-9H,5-6,14H2. The molecule has 1 aromatic carbocycles. The molecule has 0 amide bonds. The summed E-state index contributed by atoms with van der Waals surface area (Å²) in [5.41, 5.74) is 5.78. The number of hydrogen-bond acceptors (Lipinski definition) is 5. The van der Waals surface area contributed by atoms with Gasteiger partial charge < -0.3 is 10.5 Å². The van der Waals surface area contributed by atoms with E-state index in [1.165, 1.54) is 6.07 Å². The number of nitrogens with zero attached hydrogens (tertiary/aromatic N) is 2. The molecule has 0 aliphatic heterocycles. The van der Waals surface area contributed by atoms with Crippen LogP contribution in [0.5, 0.6) is 5.75 Å². The summed E-state index contributed by atoms with van der Waals surface area (Å²) in [4.78, 5) is 14.6. The van der Waals surface area contributed by atoms with E-state index >= 15 is 0 Å². The molecule has 0 spiro atoms. The maximum Gasteiger partial charge on any atom is 0.277 e. The third-order valence-corrected chi connectivity index (χ3v) is 3.38. The third kappa shape index (κ3) is 2.10. The van der Waals surface area contributed by atoms with Gasteiger partial charge in [0.05, 0.1) is 10.3 Å². The molecule has 98 valence electrons. The van der Waals surface area contributed by atoms with Gasteiger partial charge in [0, 0.05) is 29.9 Å². The van der Waals surface area contributed by atoms with Crippen molar-refractivity contribution in [1.82, 2.24) is 4.98 Å². The minimum atomic E-state index is -0.397. The Bertz CT molecular complexity index is 638. The number of hydrogen-bond donors (Lipinski definition) is 1. The van der Waals surface area contributed by atoms with E-state index in [-0.39, 0.29) is 17.8 Å². The Labute approximate surface area is 109 Å². The molecule has 1 fully saturated rings. The molecule has 2 aromatic rings. The highest BCUT2D eigenvalue weighted by Crippen LogP contribution is 2.34. The van der Waals surface area contributed by atoms with Crippen LogP contribution in [0, 0.1) is 10.1 Å². The summed E-state index contributed by atoms with van der Waals surface area (Å²) in [5, 5.41) is 12.2. The Balaban J connectivity index is 2.01. The summed E-state index contributed by atoms with van der Waals surface area (Å²) in [6, 6.07) is 4.93. The zero-order valence-electron chi connectivity index (χ0n) is 10.2. The topological polar surface area (TPSA) is 91.3 Å². The largest absolute Gasteiger partial charge is 0.490 e. The van der Waals surface area contributed by atoms with Gasteiger partial charge in [0.15, 0.2) is 0 Å². The van der Waals surface area contributed by atoms with E-state index in [1.54, 1.807) is 24.5 Å². The van der Waals surface area contributed by atoms with Gasteiger partial charge in [0.1, 0.15) is 11.9 Å². The van der Waals surface area contributed by atoms with Crippen LogP contribution in [0.25, 0.3) is 10.8 Å². The molecule has 19 heavy (non-hydrogen) atoms. The zero-order chi connectivity index (χ0) is 13.4. The number of nitro groups is 1. The Morgan fingerprint density at radius 3 is 2.79 bits per heavy atom. The lowest BCUT2D eigenvalue weighted by Crippen LogP contribution is -2.43. The lowest BCUT2D eigenvalue weighted by atomic mass is 9.90. The van der Waals surface area contributed by atoms with E-state index in [4.69, 9.17) is 10.5 Å². The van der Waals surface area contributed by atoms with Crippen molar-refractivity contribution in [2.24, 2.45) is 5.73 Å². The molecular weight excluding hydrogens is 246 g/mol. The molecule has 1 saturated carbocycles. The lowest BCUT2D eigenvalue weighted by molar-refractivity contribution is -0.383. The Morgan fingerprint density at radius 1 is 1.32 bits per heavy atom. The van der Waals surface area contributed by atoms with Crippen LogP contribution in [0.1, 0.15) is 12.8 Å². The molecule has 0 radical (unpaired) electrons. The summed E-state index contributed by atoms with van der Waals surface area (Å²) >= 11 is 0. The summed E-state index contributed by atoms with van der Waals surface area (Å²) in [6.45, 7) is 0. The van der Waals surface area contributed by atoms with Crippen molar-refractivity contribution in [3.63, 3.8) is 0 Å². The minimum Gasteiger partial charge on any atom is -0.490 e. The van der Waals surface area contributed by atoms with Crippen molar-refractivity contribution in [3.8, 4) is 5.75 Å². The van der Waals surface area contributed by atoms with Crippen LogP contribution >= 0.6 is 0 Å². The van der Waals surface area contributed by atoms with Gasteiger partial charge in [-0.3, -0.25) is 15.1 Å². The minimum absolute atomic E-state index is 0.0649. The molecular formula is C13H13N3O3. The molecule has 0 unspecified atom stereocenters. The van der Waals surface area contributed by atoms with E-state index in [1.807, 2.05) is 0 Å². The van der Waals surface area contributed by atoms with Crippen molar-refractivity contribution in [2.75, 3.05) is 0 Å². The average Bonchev–Trinajstić information content (AvgIpc) is 2.36. The fraction of sp³-hybridized carbons (Fsp3) is 0.308. The summed E-state index contributed by atoms with van der Waals surface area (Å²) in [5.74, 6) is 0.630. The Morgan fingerprint density at radius 2 is 2.11 bits per heavy atom. The number of ether oxygens (including phenoxy) is 1. The molecule has 0 bridgehead atoms. The van der Waals surface area contributed by atoms with Gasteiger partial charge in [-0.1, -0.05) is 0 Å². The number of nitro benzene ring substituents is 1. The monoisotopic (exact) mass is 259 g/mol. The average molecular weight is 259 g/mol. The smallest absolute Gasteiger partial charge is 0.277 e. The zero-order valence-corrected chi connectivity index (χ0v) is 10.2.